The molecule has 0 radical (unpaired) electrons. The average Bonchev–Trinajstić information content (AvgIpc) is 2.70. The lowest BCUT2D eigenvalue weighted by molar-refractivity contribution is -0.114. The molecule has 0 bridgehead atoms. The zero-order chi connectivity index (χ0) is 18.6. The van der Waals surface area contributed by atoms with Gasteiger partial charge >= 0.3 is 0 Å². The SMILES string of the molecule is CC(=O)Nc1ccc(Nc2nc(-c3cccnc3)nc3ccccc23)cc1. The van der Waals surface area contributed by atoms with Gasteiger partial charge in [-0.05, 0) is 48.5 Å². The molecule has 1 amide bonds. The summed E-state index contributed by atoms with van der Waals surface area (Å²) in [4.78, 5) is 24.7. The van der Waals surface area contributed by atoms with Gasteiger partial charge in [0.05, 0.1) is 5.52 Å². The van der Waals surface area contributed by atoms with Crippen LogP contribution in [0.5, 0.6) is 0 Å². The summed E-state index contributed by atoms with van der Waals surface area (Å²) < 4.78 is 0. The quantitative estimate of drug-likeness (QED) is 0.567. The van der Waals surface area contributed by atoms with Crippen molar-refractivity contribution < 1.29 is 4.79 Å². The number of pyridine rings is 1. The summed E-state index contributed by atoms with van der Waals surface area (Å²) in [5.74, 6) is 1.23. The number of para-hydroxylation sites is 1. The van der Waals surface area contributed by atoms with Crippen LogP contribution in [0, 0.1) is 0 Å². The highest BCUT2D eigenvalue weighted by Gasteiger charge is 2.10. The first-order valence-electron chi connectivity index (χ1n) is 8.51. The van der Waals surface area contributed by atoms with E-state index in [2.05, 4.69) is 20.6 Å². The molecule has 132 valence electrons. The van der Waals surface area contributed by atoms with Crippen LogP contribution < -0.4 is 10.6 Å². The molecule has 2 N–H and O–H groups in total. The number of aromatic nitrogens is 3. The van der Waals surface area contributed by atoms with E-state index in [0.717, 1.165) is 27.8 Å². The Balaban J connectivity index is 1.73. The van der Waals surface area contributed by atoms with Crippen LogP contribution in [0.4, 0.5) is 17.2 Å². The van der Waals surface area contributed by atoms with E-state index in [-0.39, 0.29) is 5.91 Å². The van der Waals surface area contributed by atoms with Gasteiger partial charge in [0.25, 0.3) is 0 Å². The van der Waals surface area contributed by atoms with E-state index in [1.807, 2.05) is 60.7 Å². The molecule has 4 aromatic rings. The number of fused-ring (bicyclic) bond motifs is 1. The molecule has 2 heterocycles. The molecule has 0 spiro atoms. The maximum Gasteiger partial charge on any atom is 0.221 e. The average molecular weight is 355 g/mol. The molecule has 6 heteroatoms. The molecule has 0 aliphatic carbocycles. The van der Waals surface area contributed by atoms with Crippen molar-refractivity contribution in [2.24, 2.45) is 0 Å². The Morgan fingerprint density at radius 2 is 1.67 bits per heavy atom. The van der Waals surface area contributed by atoms with Crippen molar-refractivity contribution in [2.75, 3.05) is 10.6 Å². The minimum atomic E-state index is -0.0985. The van der Waals surface area contributed by atoms with Gasteiger partial charge in [-0.1, -0.05) is 12.1 Å². The van der Waals surface area contributed by atoms with Crippen LogP contribution in [0.15, 0.2) is 73.1 Å². The van der Waals surface area contributed by atoms with Crippen LogP contribution in [0.3, 0.4) is 0 Å². The second-order valence-corrected chi connectivity index (χ2v) is 6.04. The molecular weight excluding hydrogens is 338 g/mol. The third-order valence-electron chi connectivity index (χ3n) is 3.99. The highest BCUT2D eigenvalue weighted by atomic mass is 16.1. The van der Waals surface area contributed by atoms with Gasteiger partial charge in [-0.3, -0.25) is 9.78 Å². The Morgan fingerprint density at radius 1 is 0.889 bits per heavy atom. The molecule has 6 nitrogen and oxygen atoms in total. The number of rotatable bonds is 4. The number of hydrogen-bond acceptors (Lipinski definition) is 5. The van der Waals surface area contributed by atoms with E-state index in [4.69, 9.17) is 4.98 Å². The van der Waals surface area contributed by atoms with E-state index in [1.165, 1.54) is 6.92 Å². The zero-order valence-corrected chi connectivity index (χ0v) is 14.7. The van der Waals surface area contributed by atoms with E-state index in [1.54, 1.807) is 12.4 Å². The predicted octanol–water partition coefficient (Wildman–Crippen LogP) is 4.39. The van der Waals surface area contributed by atoms with E-state index in [0.29, 0.717) is 11.6 Å². The Labute approximate surface area is 156 Å². The van der Waals surface area contributed by atoms with Crippen LogP contribution in [0.2, 0.25) is 0 Å². The Morgan fingerprint density at radius 3 is 2.41 bits per heavy atom. The predicted molar refractivity (Wildman–Crippen MR) is 107 cm³/mol. The van der Waals surface area contributed by atoms with Crippen molar-refractivity contribution in [3.8, 4) is 11.4 Å². The topological polar surface area (TPSA) is 79.8 Å². The normalized spacial score (nSPS) is 10.6. The fourth-order valence-electron chi connectivity index (χ4n) is 2.77. The molecule has 0 aliphatic rings. The first-order valence-corrected chi connectivity index (χ1v) is 8.51. The van der Waals surface area contributed by atoms with E-state index >= 15 is 0 Å². The minimum Gasteiger partial charge on any atom is -0.340 e. The highest BCUT2D eigenvalue weighted by molar-refractivity contribution is 5.92. The van der Waals surface area contributed by atoms with Crippen molar-refractivity contribution >= 4 is 34.0 Å². The number of nitrogens with zero attached hydrogens (tertiary/aromatic N) is 3. The summed E-state index contributed by atoms with van der Waals surface area (Å²) in [6, 6.07) is 19.1. The van der Waals surface area contributed by atoms with Gasteiger partial charge in [0.2, 0.25) is 5.91 Å². The van der Waals surface area contributed by atoms with Crippen molar-refractivity contribution in [2.45, 2.75) is 6.92 Å². The van der Waals surface area contributed by atoms with Crippen molar-refractivity contribution in [1.29, 1.82) is 0 Å². The van der Waals surface area contributed by atoms with Crippen LogP contribution in [0.1, 0.15) is 6.92 Å². The highest BCUT2D eigenvalue weighted by Crippen LogP contribution is 2.27. The molecule has 0 fully saturated rings. The van der Waals surface area contributed by atoms with Crippen molar-refractivity contribution in [1.82, 2.24) is 15.0 Å². The van der Waals surface area contributed by atoms with Gasteiger partial charge in [0.15, 0.2) is 5.82 Å². The fourth-order valence-corrected chi connectivity index (χ4v) is 2.77. The van der Waals surface area contributed by atoms with E-state index in [9.17, 15) is 4.79 Å². The fraction of sp³-hybridized carbons (Fsp3) is 0.0476. The largest absolute Gasteiger partial charge is 0.340 e. The molecule has 0 atom stereocenters. The van der Waals surface area contributed by atoms with Crippen LogP contribution >= 0.6 is 0 Å². The second-order valence-electron chi connectivity index (χ2n) is 6.04. The minimum absolute atomic E-state index is 0.0985. The van der Waals surface area contributed by atoms with Crippen LogP contribution in [-0.4, -0.2) is 20.9 Å². The maximum absolute atomic E-state index is 11.2. The molecule has 4 rings (SSSR count). The molecule has 0 unspecified atom stereocenters. The Bertz CT molecular complexity index is 1090. The molecular formula is C21H17N5O. The Hall–Kier alpha value is -3.80. The molecule has 0 aliphatic heterocycles. The lowest BCUT2D eigenvalue weighted by atomic mass is 10.2. The maximum atomic E-state index is 11.2. The number of hydrogen-bond donors (Lipinski definition) is 2. The van der Waals surface area contributed by atoms with Crippen LogP contribution in [-0.2, 0) is 4.79 Å². The third-order valence-corrected chi connectivity index (χ3v) is 3.99. The van der Waals surface area contributed by atoms with Crippen LogP contribution in [0.25, 0.3) is 22.3 Å². The number of amides is 1. The molecule has 0 saturated heterocycles. The summed E-state index contributed by atoms with van der Waals surface area (Å²) in [6.45, 7) is 1.49. The molecule has 2 aromatic heterocycles. The summed E-state index contributed by atoms with van der Waals surface area (Å²) in [5.41, 5.74) is 3.32. The monoisotopic (exact) mass is 355 g/mol. The van der Waals surface area contributed by atoms with Gasteiger partial charge in [-0.25, -0.2) is 9.97 Å². The molecule has 0 saturated carbocycles. The lowest BCUT2D eigenvalue weighted by Crippen LogP contribution is -2.05. The third kappa shape index (κ3) is 3.74. The van der Waals surface area contributed by atoms with Crippen molar-refractivity contribution in [3.63, 3.8) is 0 Å². The second kappa shape index (κ2) is 7.21. The number of carbonyl (C=O) groups is 1. The number of anilines is 3. The molecule has 2 aromatic carbocycles. The van der Waals surface area contributed by atoms with Gasteiger partial charge < -0.3 is 10.6 Å². The summed E-state index contributed by atoms with van der Waals surface area (Å²) in [5, 5.41) is 7.04. The van der Waals surface area contributed by atoms with Gasteiger partial charge in [0.1, 0.15) is 5.82 Å². The van der Waals surface area contributed by atoms with Gasteiger partial charge in [-0.2, -0.15) is 0 Å². The smallest absolute Gasteiger partial charge is 0.221 e. The summed E-state index contributed by atoms with van der Waals surface area (Å²) >= 11 is 0. The Kier molecular flexibility index (Phi) is 4.45. The van der Waals surface area contributed by atoms with E-state index < -0.39 is 0 Å². The van der Waals surface area contributed by atoms with Gasteiger partial charge in [0, 0.05) is 41.6 Å². The standard InChI is InChI=1S/C21H17N5O/c1-14(27)23-16-8-10-17(11-9-16)24-21-18-6-2-3-7-19(18)25-20(26-21)15-5-4-12-22-13-15/h2-13H,1H3,(H,23,27)(H,24,25,26). The van der Waals surface area contributed by atoms with Gasteiger partial charge in [-0.15, -0.1) is 0 Å². The number of benzene rings is 2. The zero-order valence-electron chi connectivity index (χ0n) is 14.7. The summed E-state index contributed by atoms with van der Waals surface area (Å²) in [7, 11) is 0. The number of nitrogens with one attached hydrogen (secondary N) is 2. The first kappa shape index (κ1) is 16.7. The lowest BCUT2D eigenvalue weighted by Gasteiger charge is -2.11. The summed E-state index contributed by atoms with van der Waals surface area (Å²) in [6.07, 6.45) is 3.47. The first-order chi connectivity index (χ1) is 13.2. The number of carbonyl (C=O) groups excluding carboxylic acids is 1. The molecule has 27 heavy (non-hydrogen) atoms. The van der Waals surface area contributed by atoms with Crippen molar-refractivity contribution in [3.05, 3.63) is 73.1 Å².